The van der Waals surface area contributed by atoms with Crippen LogP contribution in [0.25, 0.3) is 0 Å². The molecule has 2 heterocycles. The minimum atomic E-state index is -0.188. The number of hydrogen-bond acceptors (Lipinski definition) is 3. The van der Waals surface area contributed by atoms with Crippen molar-refractivity contribution in [3.8, 4) is 0 Å². The first kappa shape index (κ1) is 16.8. The fourth-order valence-electron chi connectivity index (χ4n) is 8.75. The highest BCUT2D eigenvalue weighted by atomic mass is 16.7. The molecule has 26 heavy (non-hydrogen) atoms. The smallest absolute Gasteiger partial charge is 0.169 e. The Balaban J connectivity index is 1.18. The number of ether oxygens (including phenoxy) is 2. The van der Waals surface area contributed by atoms with E-state index in [-0.39, 0.29) is 11.9 Å². The van der Waals surface area contributed by atoms with Crippen molar-refractivity contribution >= 4 is 0 Å². The standard InChI is InChI=1S/C23H36O3/c24-15-4-6-16-14(11-15)3-5-18-17(16)7-8-19-20(18)12-22-21(19)13-23(26-22)9-1-2-10-25-23/h14-22,24H,1-13H2/t14-,15+,16+,17-,18-,19+,20+,21-,22+,23-/m1/s1. The number of aliphatic hydroxyl groups is 1. The van der Waals surface area contributed by atoms with Crippen molar-refractivity contribution in [2.75, 3.05) is 6.61 Å². The summed E-state index contributed by atoms with van der Waals surface area (Å²) in [4.78, 5) is 0. The van der Waals surface area contributed by atoms with Crippen molar-refractivity contribution in [3.63, 3.8) is 0 Å². The van der Waals surface area contributed by atoms with E-state index in [9.17, 15) is 5.11 Å². The average molecular weight is 361 g/mol. The first-order chi connectivity index (χ1) is 12.7. The van der Waals surface area contributed by atoms with Crippen LogP contribution >= 0.6 is 0 Å². The van der Waals surface area contributed by atoms with Crippen LogP contribution in [0.15, 0.2) is 0 Å². The van der Waals surface area contributed by atoms with Gasteiger partial charge in [0.25, 0.3) is 0 Å². The molecule has 0 bridgehead atoms. The van der Waals surface area contributed by atoms with Crippen molar-refractivity contribution in [3.05, 3.63) is 0 Å². The van der Waals surface area contributed by atoms with Gasteiger partial charge in [0, 0.05) is 12.8 Å². The molecule has 3 nitrogen and oxygen atoms in total. The largest absolute Gasteiger partial charge is 0.393 e. The number of rotatable bonds is 0. The molecule has 6 rings (SSSR count). The zero-order valence-electron chi connectivity index (χ0n) is 16.2. The summed E-state index contributed by atoms with van der Waals surface area (Å²) >= 11 is 0. The molecule has 2 saturated heterocycles. The normalized spacial score (nSPS) is 58.7. The first-order valence-electron chi connectivity index (χ1n) is 11.7. The van der Waals surface area contributed by atoms with Gasteiger partial charge in [-0.3, -0.25) is 0 Å². The molecule has 10 atom stereocenters. The number of fused-ring (bicyclic) bond motifs is 7. The summed E-state index contributed by atoms with van der Waals surface area (Å²) in [6.45, 7) is 0.910. The lowest BCUT2D eigenvalue weighted by molar-refractivity contribution is -0.246. The fourth-order valence-corrected chi connectivity index (χ4v) is 8.75. The maximum Gasteiger partial charge on any atom is 0.169 e. The van der Waals surface area contributed by atoms with Crippen molar-refractivity contribution in [2.24, 2.45) is 41.4 Å². The average Bonchev–Trinajstić information content (AvgIpc) is 3.15. The molecular weight excluding hydrogens is 324 g/mol. The van der Waals surface area contributed by atoms with Crippen LogP contribution in [-0.2, 0) is 9.47 Å². The Bertz CT molecular complexity index is 542. The molecule has 4 saturated carbocycles. The van der Waals surface area contributed by atoms with Gasteiger partial charge in [-0.15, -0.1) is 0 Å². The van der Waals surface area contributed by atoms with Crippen LogP contribution < -0.4 is 0 Å². The summed E-state index contributed by atoms with van der Waals surface area (Å²) in [5, 5.41) is 10.1. The SMILES string of the molecule is O[C@H]1CC[C@H]2[C@H](CC[C@H]3[C@@H]4C[C@@H]5O[C@]6(CCCCO6)C[C@@H]5[C@H]4CC[C@@H]32)C1. The monoisotopic (exact) mass is 360 g/mol. The molecule has 2 aliphatic heterocycles. The Hall–Kier alpha value is -0.120. The highest BCUT2D eigenvalue weighted by molar-refractivity contribution is 5.07. The lowest BCUT2D eigenvalue weighted by atomic mass is 9.53. The lowest BCUT2D eigenvalue weighted by Crippen LogP contribution is -2.46. The van der Waals surface area contributed by atoms with Crippen LogP contribution in [0, 0.1) is 41.4 Å². The van der Waals surface area contributed by atoms with Crippen LogP contribution in [0.3, 0.4) is 0 Å². The van der Waals surface area contributed by atoms with Crippen molar-refractivity contribution < 1.29 is 14.6 Å². The van der Waals surface area contributed by atoms with E-state index in [1.54, 1.807) is 0 Å². The van der Waals surface area contributed by atoms with Gasteiger partial charge in [-0.2, -0.15) is 0 Å². The molecule has 0 unspecified atom stereocenters. The minimum Gasteiger partial charge on any atom is -0.393 e. The van der Waals surface area contributed by atoms with Crippen LogP contribution in [-0.4, -0.2) is 29.7 Å². The van der Waals surface area contributed by atoms with Gasteiger partial charge in [0.2, 0.25) is 0 Å². The predicted octanol–water partition coefficient (Wildman–Crippen LogP) is 4.52. The molecule has 0 radical (unpaired) electrons. The number of aliphatic hydroxyl groups excluding tert-OH is 1. The fraction of sp³-hybridized carbons (Fsp3) is 1.00. The van der Waals surface area contributed by atoms with Crippen molar-refractivity contribution in [2.45, 2.75) is 95.0 Å². The Labute approximate surface area is 158 Å². The summed E-state index contributed by atoms with van der Waals surface area (Å²) < 4.78 is 12.8. The second-order valence-electron chi connectivity index (χ2n) is 10.7. The van der Waals surface area contributed by atoms with Gasteiger partial charge in [0.1, 0.15) is 0 Å². The molecule has 0 aromatic heterocycles. The van der Waals surface area contributed by atoms with Crippen LogP contribution in [0.4, 0.5) is 0 Å². The second-order valence-corrected chi connectivity index (χ2v) is 10.7. The Morgan fingerprint density at radius 2 is 1.50 bits per heavy atom. The van der Waals surface area contributed by atoms with E-state index in [1.165, 1.54) is 57.8 Å². The molecule has 0 aromatic rings. The molecule has 3 heteroatoms. The van der Waals surface area contributed by atoms with E-state index in [0.717, 1.165) is 67.3 Å². The zero-order valence-corrected chi connectivity index (χ0v) is 16.2. The van der Waals surface area contributed by atoms with E-state index in [4.69, 9.17) is 9.47 Å². The third-order valence-electron chi connectivity index (χ3n) is 9.68. The molecule has 6 aliphatic rings. The quantitative estimate of drug-likeness (QED) is 0.690. The summed E-state index contributed by atoms with van der Waals surface area (Å²) in [6.07, 6.45) is 15.8. The summed E-state index contributed by atoms with van der Waals surface area (Å²) in [7, 11) is 0. The van der Waals surface area contributed by atoms with Gasteiger partial charge in [0.15, 0.2) is 5.79 Å². The van der Waals surface area contributed by atoms with Crippen LogP contribution in [0.5, 0.6) is 0 Å². The molecule has 146 valence electrons. The van der Waals surface area contributed by atoms with Crippen molar-refractivity contribution in [1.29, 1.82) is 0 Å². The van der Waals surface area contributed by atoms with Crippen molar-refractivity contribution in [1.82, 2.24) is 0 Å². The van der Waals surface area contributed by atoms with Gasteiger partial charge in [-0.25, -0.2) is 0 Å². The zero-order chi connectivity index (χ0) is 17.3. The second kappa shape index (κ2) is 6.19. The van der Waals surface area contributed by atoms with Gasteiger partial charge in [0.05, 0.1) is 18.8 Å². The molecule has 6 fully saturated rings. The maximum absolute atomic E-state index is 10.1. The van der Waals surface area contributed by atoms with Gasteiger partial charge in [-0.05, 0) is 106 Å². The topological polar surface area (TPSA) is 38.7 Å². The Morgan fingerprint density at radius 1 is 0.731 bits per heavy atom. The molecule has 4 aliphatic carbocycles. The lowest BCUT2D eigenvalue weighted by Gasteiger charge is -2.53. The molecule has 1 N–H and O–H groups in total. The third kappa shape index (κ3) is 2.49. The van der Waals surface area contributed by atoms with Gasteiger partial charge < -0.3 is 14.6 Å². The summed E-state index contributed by atoms with van der Waals surface area (Å²) in [5.74, 6) is 6.11. The molecule has 0 amide bonds. The molecular formula is C23H36O3. The van der Waals surface area contributed by atoms with Crippen LogP contribution in [0.2, 0.25) is 0 Å². The summed E-state index contributed by atoms with van der Waals surface area (Å²) in [6, 6.07) is 0. The Morgan fingerprint density at radius 3 is 2.35 bits per heavy atom. The van der Waals surface area contributed by atoms with Crippen LogP contribution in [0.1, 0.15) is 77.0 Å². The molecule has 0 aromatic carbocycles. The highest BCUT2D eigenvalue weighted by Crippen LogP contribution is 2.63. The maximum atomic E-state index is 10.1. The van der Waals surface area contributed by atoms with E-state index in [1.807, 2.05) is 0 Å². The predicted molar refractivity (Wildman–Crippen MR) is 99.4 cm³/mol. The Kier molecular flexibility index (Phi) is 4.00. The van der Waals surface area contributed by atoms with E-state index >= 15 is 0 Å². The highest BCUT2D eigenvalue weighted by Gasteiger charge is 2.60. The number of hydrogen-bond donors (Lipinski definition) is 1. The summed E-state index contributed by atoms with van der Waals surface area (Å²) in [5.41, 5.74) is 0. The van der Waals surface area contributed by atoms with Gasteiger partial charge in [-0.1, -0.05) is 0 Å². The molecule has 1 spiro atoms. The minimum absolute atomic E-state index is 0.00457. The van der Waals surface area contributed by atoms with Gasteiger partial charge >= 0.3 is 0 Å². The first-order valence-corrected chi connectivity index (χ1v) is 11.7. The van der Waals surface area contributed by atoms with E-state index in [2.05, 4.69) is 0 Å². The third-order valence-corrected chi connectivity index (χ3v) is 9.68. The van der Waals surface area contributed by atoms with E-state index in [0.29, 0.717) is 6.10 Å². The van der Waals surface area contributed by atoms with E-state index < -0.39 is 0 Å².